The SMILES string of the molecule is Clc1ccn2c(-c3ccccn3)nnc2c1. The average Bonchev–Trinajstić information content (AvgIpc) is 2.73. The molecule has 0 bridgehead atoms. The Morgan fingerprint density at radius 2 is 2.06 bits per heavy atom. The van der Waals surface area contributed by atoms with Gasteiger partial charge in [0.25, 0.3) is 0 Å². The van der Waals surface area contributed by atoms with E-state index < -0.39 is 0 Å². The van der Waals surface area contributed by atoms with Gasteiger partial charge in [0, 0.05) is 23.5 Å². The molecule has 0 saturated heterocycles. The summed E-state index contributed by atoms with van der Waals surface area (Å²) in [5.74, 6) is 0.715. The molecule has 3 aromatic rings. The van der Waals surface area contributed by atoms with Gasteiger partial charge in [0.05, 0.1) is 0 Å². The molecule has 3 heterocycles. The van der Waals surface area contributed by atoms with Crippen LogP contribution in [0.25, 0.3) is 17.2 Å². The summed E-state index contributed by atoms with van der Waals surface area (Å²) in [6, 6.07) is 9.24. The molecule has 0 fully saturated rings. The molecule has 0 aromatic carbocycles. The molecule has 0 spiro atoms. The second kappa shape index (κ2) is 3.57. The zero-order valence-electron chi connectivity index (χ0n) is 8.21. The Kier molecular flexibility index (Phi) is 2.08. The van der Waals surface area contributed by atoms with Crippen LogP contribution in [0.5, 0.6) is 0 Å². The number of fused-ring (bicyclic) bond motifs is 1. The number of hydrogen-bond acceptors (Lipinski definition) is 3. The van der Waals surface area contributed by atoms with Gasteiger partial charge in [-0.25, -0.2) is 0 Å². The van der Waals surface area contributed by atoms with E-state index in [9.17, 15) is 0 Å². The van der Waals surface area contributed by atoms with E-state index in [4.69, 9.17) is 11.6 Å². The van der Waals surface area contributed by atoms with Crippen LogP contribution in [0.3, 0.4) is 0 Å². The van der Waals surface area contributed by atoms with Gasteiger partial charge in [-0.15, -0.1) is 10.2 Å². The third-order valence-corrected chi connectivity index (χ3v) is 2.50. The molecule has 3 rings (SSSR count). The van der Waals surface area contributed by atoms with Crippen molar-refractivity contribution in [2.75, 3.05) is 0 Å². The minimum absolute atomic E-state index is 0.646. The summed E-state index contributed by atoms with van der Waals surface area (Å²) in [5.41, 5.74) is 1.51. The van der Waals surface area contributed by atoms with Crippen LogP contribution in [0, 0.1) is 0 Å². The maximum atomic E-state index is 5.88. The molecule has 78 valence electrons. The number of nitrogens with zero attached hydrogens (tertiary/aromatic N) is 4. The molecule has 4 nitrogen and oxygen atoms in total. The first-order valence-corrected chi connectivity index (χ1v) is 5.14. The fourth-order valence-electron chi connectivity index (χ4n) is 1.54. The fourth-order valence-corrected chi connectivity index (χ4v) is 1.69. The lowest BCUT2D eigenvalue weighted by Crippen LogP contribution is -1.90. The van der Waals surface area contributed by atoms with Crippen molar-refractivity contribution in [2.24, 2.45) is 0 Å². The van der Waals surface area contributed by atoms with Gasteiger partial charge < -0.3 is 0 Å². The van der Waals surface area contributed by atoms with E-state index in [2.05, 4.69) is 15.2 Å². The van der Waals surface area contributed by atoms with Crippen molar-refractivity contribution < 1.29 is 0 Å². The third-order valence-electron chi connectivity index (χ3n) is 2.27. The van der Waals surface area contributed by atoms with E-state index in [0.717, 1.165) is 5.69 Å². The summed E-state index contributed by atoms with van der Waals surface area (Å²) < 4.78 is 1.86. The Morgan fingerprint density at radius 1 is 1.12 bits per heavy atom. The molecule has 0 atom stereocenters. The minimum Gasteiger partial charge on any atom is -0.281 e. The molecule has 0 radical (unpaired) electrons. The number of rotatable bonds is 1. The minimum atomic E-state index is 0.646. The van der Waals surface area contributed by atoms with E-state index >= 15 is 0 Å². The van der Waals surface area contributed by atoms with Crippen LogP contribution in [0.2, 0.25) is 5.02 Å². The molecular formula is C11H7ClN4. The molecule has 0 aliphatic rings. The van der Waals surface area contributed by atoms with Crippen molar-refractivity contribution in [2.45, 2.75) is 0 Å². The van der Waals surface area contributed by atoms with Gasteiger partial charge in [0.15, 0.2) is 11.5 Å². The van der Waals surface area contributed by atoms with Gasteiger partial charge >= 0.3 is 0 Å². The lowest BCUT2D eigenvalue weighted by atomic mass is 10.3. The number of aromatic nitrogens is 4. The predicted molar refractivity (Wildman–Crippen MR) is 61.2 cm³/mol. The van der Waals surface area contributed by atoms with Crippen LogP contribution in [-0.2, 0) is 0 Å². The fraction of sp³-hybridized carbons (Fsp3) is 0. The van der Waals surface area contributed by atoms with Crippen molar-refractivity contribution in [3.63, 3.8) is 0 Å². The zero-order valence-corrected chi connectivity index (χ0v) is 8.96. The molecular weight excluding hydrogens is 224 g/mol. The Balaban J connectivity index is 2.26. The smallest absolute Gasteiger partial charge is 0.186 e. The summed E-state index contributed by atoms with van der Waals surface area (Å²) in [6.07, 6.45) is 3.56. The normalized spacial score (nSPS) is 10.8. The van der Waals surface area contributed by atoms with Gasteiger partial charge in [-0.05, 0) is 18.2 Å². The summed E-state index contributed by atoms with van der Waals surface area (Å²) in [4.78, 5) is 4.24. The van der Waals surface area contributed by atoms with Crippen LogP contribution >= 0.6 is 11.6 Å². The van der Waals surface area contributed by atoms with Crippen molar-refractivity contribution in [3.8, 4) is 11.5 Å². The molecule has 5 heteroatoms. The van der Waals surface area contributed by atoms with Crippen molar-refractivity contribution in [1.82, 2.24) is 19.6 Å². The first kappa shape index (κ1) is 9.30. The third kappa shape index (κ3) is 1.44. The summed E-state index contributed by atoms with van der Waals surface area (Å²) in [7, 11) is 0. The number of halogens is 1. The molecule has 0 amide bonds. The van der Waals surface area contributed by atoms with Crippen molar-refractivity contribution in [3.05, 3.63) is 47.7 Å². The van der Waals surface area contributed by atoms with E-state index in [1.54, 1.807) is 18.3 Å². The lowest BCUT2D eigenvalue weighted by molar-refractivity contribution is 1.09. The standard InChI is InChI=1S/C11H7ClN4/c12-8-4-6-16-10(7-8)14-15-11(16)9-3-1-2-5-13-9/h1-7H. The first-order valence-electron chi connectivity index (χ1n) is 4.76. The van der Waals surface area contributed by atoms with Gasteiger partial charge in [-0.3, -0.25) is 9.38 Å². The van der Waals surface area contributed by atoms with Crippen LogP contribution in [0.1, 0.15) is 0 Å². The molecule has 16 heavy (non-hydrogen) atoms. The first-order chi connectivity index (χ1) is 7.84. The Morgan fingerprint density at radius 3 is 2.88 bits per heavy atom. The van der Waals surface area contributed by atoms with Crippen molar-refractivity contribution >= 4 is 17.2 Å². The van der Waals surface area contributed by atoms with Crippen LogP contribution in [0.4, 0.5) is 0 Å². The van der Waals surface area contributed by atoms with Gasteiger partial charge in [-0.1, -0.05) is 17.7 Å². The second-order valence-electron chi connectivity index (χ2n) is 3.31. The van der Waals surface area contributed by atoms with Gasteiger partial charge in [-0.2, -0.15) is 0 Å². The highest BCUT2D eigenvalue weighted by Gasteiger charge is 2.08. The second-order valence-corrected chi connectivity index (χ2v) is 3.75. The number of pyridine rings is 2. The molecule has 0 aliphatic carbocycles. The highest BCUT2D eigenvalue weighted by Crippen LogP contribution is 2.17. The zero-order chi connectivity index (χ0) is 11.0. The highest BCUT2D eigenvalue weighted by atomic mass is 35.5. The van der Waals surface area contributed by atoms with Gasteiger partial charge in [0.2, 0.25) is 0 Å². The predicted octanol–water partition coefficient (Wildman–Crippen LogP) is 2.44. The van der Waals surface area contributed by atoms with Crippen LogP contribution in [0.15, 0.2) is 42.7 Å². The molecule has 0 saturated carbocycles. The number of hydrogen-bond donors (Lipinski definition) is 0. The molecule has 3 aromatic heterocycles. The topological polar surface area (TPSA) is 43.1 Å². The summed E-state index contributed by atoms with van der Waals surface area (Å²) in [6.45, 7) is 0. The van der Waals surface area contributed by atoms with E-state index in [1.807, 2.05) is 28.8 Å². The monoisotopic (exact) mass is 230 g/mol. The molecule has 0 aliphatic heterocycles. The summed E-state index contributed by atoms with van der Waals surface area (Å²) >= 11 is 5.88. The van der Waals surface area contributed by atoms with E-state index in [-0.39, 0.29) is 0 Å². The van der Waals surface area contributed by atoms with Crippen LogP contribution in [-0.4, -0.2) is 19.6 Å². The Labute approximate surface area is 96.5 Å². The maximum absolute atomic E-state index is 5.88. The largest absolute Gasteiger partial charge is 0.281 e. The molecule has 0 unspecified atom stereocenters. The quantitative estimate of drug-likeness (QED) is 0.645. The average molecular weight is 231 g/mol. The highest BCUT2D eigenvalue weighted by molar-refractivity contribution is 6.30. The Bertz CT molecular complexity index is 633. The lowest BCUT2D eigenvalue weighted by Gasteiger charge is -1.98. The van der Waals surface area contributed by atoms with Crippen molar-refractivity contribution in [1.29, 1.82) is 0 Å². The van der Waals surface area contributed by atoms with Crippen LogP contribution < -0.4 is 0 Å². The summed E-state index contributed by atoms with van der Waals surface area (Å²) in [5, 5.41) is 8.79. The maximum Gasteiger partial charge on any atom is 0.186 e. The Hall–Kier alpha value is -1.94. The van der Waals surface area contributed by atoms with Gasteiger partial charge in [0.1, 0.15) is 5.69 Å². The van der Waals surface area contributed by atoms with E-state index in [1.165, 1.54) is 0 Å². The van der Waals surface area contributed by atoms with E-state index in [0.29, 0.717) is 16.5 Å². The molecule has 0 N–H and O–H groups in total.